The lowest BCUT2D eigenvalue weighted by Crippen LogP contribution is -2.35. The number of nitrogens with zero attached hydrogens (tertiary/aromatic N) is 3. The third kappa shape index (κ3) is 7.14. The van der Waals surface area contributed by atoms with Crippen molar-refractivity contribution >= 4 is 51.9 Å². The second-order valence-corrected chi connectivity index (χ2v) is 12.5. The van der Waals surface area contributed by atoms with Crippen molar-refractivity contribution in [2.75, 3.05) is 57.7 Å². The van der Waals surface area contributed by atoms with Crippen molar-refractivity contribution in [3.05, 3.63) is 52.1 Å². The van der Waals surface area contributed by atoms with Gasteiger partial charge in [-0.1, -0.05) is 20.8 Å². The number of carboxylic acid groups (broad SMARTS) is 1. The van der Waals surface area contributed by atoms with E-state index in [0.717, 1.165) is 41.1 Å². The zero-order valence-corrected chi connectivity index (χ0v) is 27.9. The molecular formula is C32H44BrN5O5. The molecule has 1 fully saturated rings. The fourth-order valence-corrected chi connectivity index (χ4v) is 5.93. The van der Waals surface area contributed by atoms with Crippen LogP contribution in [0.3, 0.4) is 0 Å². The number of piperidine rings is 1. The molecule has 4 rings (SSSR count). The molecular weight excluding hydrogens is 614 g/mol. The van der Waals surface area contributed by atoms with Crippen LogP contribution in [0.4, 0.5) is 11.4 Å². The van der Waals surface area contributed by atoms with Gasteiger partial charge in [-0.25, -0.2) is 0 Å². The molecule has 3 N–H and O–H groups in total. The Bertz CT molecular complexity index is 1410. The smallest absolute Gasteiger partial charge is 0.303 e. The highest BCUT2D eigenvalue weighted by Crippen LogP contribution is 2.42. The third-order valence-corrected chi connectivity index (χ3v) is 8.26. The van der Waals surface area contributed by atoms with Gasteiger partial charge in [0.05, 0.1) is 24.9 Å². The molecule has 2 aliphatic rings. The number of carbonyl (C=O) groups excluding carboxylic acids is 2. The number of methoxy groups -OCH3 is 1. The number of benzene rings is 2. The van der Waals surface area contributed by atoms with Gasteiger partial charge in [-0.05, 0) is 54.0 Å². The first kappa shape index (κ1) is 33.9. The molecule has 1 amide bonds. The zero-order valence-electron chi connectivity index (χ0n) is 26.2. The minimum atomic E-state index is -0.772. The lowest BCUT2D eigenvalue weighted by molar-refractivity contribution is -0.138. The Morgan fingerprint density at radius 3 is 2.30 bits per heavy atom. The molecule has 0 bridgehead atoms. The van der Waals surface area contributed by atoms with Crippen molar-refractivity contribution in [1.29, 1.82) is 5.41 Å². The average Bonchev–Trinajstić information content (AvgIpc) is 3.24. The maximum atomic E-state index is 13.8. The van der Waals surface area contributed by atoms with Crippen LogP contribution in [-0.4, -0.2) is 81.4 Å². The molecule has 43 heavy (non-hydrogen) atoms. The number of rotatable bonds is 9. The molecule has 2 aromatic carbocycles. The fourth-order valence-electron chi connectivity index (χ4n) is 5.93. The van der Waals surface area contributed by atoms with E-state index in [1.807, 2.05) is 37.2 Å². The normalized spacial score (nSPS) is 15.1. The molecule has 2 aliphatic heterocycles. The van der Waals surface area contributed by atoms with Gasteiger partial charge in [-0.2, -0.15) is 0 Å². The topological polar surface area (TPSA) is 126 Å². The quantitative estimate of drug-likeness (QED) is 0.331. The summed E-state index contributed by atoms with van der Waals surface area (Å²) in [5, 5.41) is 20.7. The first-order chi connectivity index (χ1) is 19.7. The first-order valence-electron chi connectivity index (χ1n) is 14.4. The van der Waals surface area contributed by atoms with Crippen LogP contribution in [0.25, 0.3) is 0 Å². The highest BCUT2D eigenvalue weighted by molar-refractivity contribution is 8.93. The summed E-state index contributed by atoms with van der Waals surface area (Å²) < 4.78 is 5.92. The molecule has 0 unspecified atom stereocenters. The molecule has 0 spiro atoms. The van der Waals surface area contributed by atoms with E-state index in [2.05, 4.69) is 31.0 Å². The lowest BCUT2D eigenvalue weighted by atomic mass is 9.83. The summed E-state index contributed by atoms with van der Waals surface area (Å²) in [5.41, 5.74) is 4.81. The zero-order chi connectivity index (χ0) is 30.9. The monoisotopic (exact) mass is 657 g/mol. The Morgan fingerprint density at radius 1 is 1.12 bits per heavy atom. The number of hydrogen-bond acceptors (Lipinski definition) is 7. The number of ketones is 1. The van der Waals surface area contributed by atoms with E-state index < -0.39 is 5.97 Å². The number of aliphatic carboxylic acids is 1. The second-order valence-electron chi connectivity index (χ2n) is 12.5. The minimum Gasteiger partial charge on any atom is -0.494 e. The lowest BCUT2D eigenvalue weighted by Gasteiger charge is -2.36. The van der Waals surface area contributed by atoms with Gasteiger partial charge in [-0.3, -0.25) is 19.8 Å². The van der Waals surface area contributed by atoms with Gasteiger partial charge < -0.3 is 29.9 Å². The van der Waals surface area contributed by atoms with Gasteiger partial charge in [0.15, 0.2) is 5.78 Å². The second kappa shape index (κ2) is 13.4. The van der Waals surface area contributed by atoms with Crippen molar-refractivity contribution in [3.8, 4) is 5.75 Å². The largest absolute Gasteiger partial charge is 0.494 e. The molecule has 0 saturated carbocycles. The number of anilines is 2. The van der Waals surface area contributed by atoms with E-state index in [0.29, 0.717) is 36.3 Å². The number of Topliss-reactive ketones (excluding diaryl/α,β-unsaturated/α-hetero) is 1. The molecule has 2 heterocycles. The van der Waals surface area contributed by atoms with Crippen LogP contribution in [0.5, 0.6) is 5.75 Å². The predicted octanol–water partition coefficient (Wildman–Crippen LogP) is 4.71. The number of amidine groups is 1. The maximum absolute atomic E-state index is 13.8. The fraction of sp³-hybridized carbons (Fsp3) is 0.500. The van der Waals surface area contributed by atoms with Crippen LogP contribution >= 0.6 is 17.0 Å². The molecule has 0 radical (unpaired) electrons. The van der Waals surface area contributed by atoms with E-state index in [1.54, 1.807) is 25.1 Å². The van der Waals surface area contributed by atoms with Crippen molar-refractivity contribution in [2.24, 2.45) is 5.92 Å². The number of carboxylic acids is 1. The number of carbonyl (C=O) groups is 3. The van der Waals surface area contributed by atoms with Crippen LogP contribution in [0.2, 0.25) is 0 Å². The van der Waals surface area contributed by atoms with Crippen molar-refractivity contribution < 1.29 is 24.2 Å². The highest BCUT2D eigenvalue weighted by Gasteiger charge is 2.32. The molecule has 1 saturated heterocycles. The van der Waals surface area contributed by atoms with Crippen LogP contribution in [-0.2, 0) is 16.8 Å². The van der Waals surface area contributed by atoms with Crippen molar-refractivity contribution in [1.82, 2.24) is 10.2 Å². The Labute approximate surface area is 264 Å². The molecule has 2 aromatic rings. The number of amides is 1. The standard InChI is InChI=1S/C32H43N5O5.BrH/c1-32(2,3)24-13-20(14-26(29(24)42-7)36-10-8-19(9-11-36)12-28(39)40)27(38)18-37-17-21-15-25(35(5)6)23(31(41)34-4)16-22(21)30(37)33;/h13-16,19,33H,8-12,17-18H2,1-7H3,(H,34,41)(H,39,40);1H. The van der Waals surface area contributed by atoms with Gasteiger partial charge in [0, 0.05) is 69.6 Å². The van der Waals surface area contributed by atoms with Crippen LogP contribution < -0.4 is 19.9 Å². The molecule has 234 valence electrons. The van der Waals surface area contributed by atoms with Gasteiger partial charge in [0.2, 0.25) is 0 Å². The highest BCUT2D eigenvalue weighted by atomic mass is 79.9. The molecule has 0 aromatic heterocycles. The summed E-state index contributed by atoms with van der Waals surface area (Å²) in [5.74, 6) is -0.0186. The Balaban J connectivity index is 0.00000506. The third-order valence-electron chi connectivity index (χ3n) is 8.26. The summed E-state index contributed by atoms with van der Waals surface area (Å²) in [6.07, 6.45) is 1.69. The molecule has 10 nitrogen and oxygen atoms in total. The van der Waals surface area contributed by atoms with Gasteiger partial charge in [-0.15, -0.1) is 17.0 Å². The summed E-state index contributed by atoms with van der Waals surface area (Å²) >= 11 is 0. The van der Waals surface area contributed by atoms with Crippen LogP contribution in [0, 0.1) is 11.3 Å². The van der Waals surface area contributed by atoms with E-state index in [1.165, 1.54) is 0 Å². The Kier molecular flexibility index (Phi) is 10.5. The van der Waals surface area contributed by atoms with E-state index in [-0.39, 0.29) is 58.8 Å². The molecule has 0 atom stereocenters. The molecule has 11 heteroatoms. The van der Waals surface area contributed by atoms with Crippen molar-refractivity contribution in [3.63, 3.8) is 0 Å². The van der Waals surface area contributed by atoms with Gasteiger partial charge in [0.1, 0.15) is 11.6 Å². The SMILES string of the molecule is Br.CNC(=O)c1cc2c(cc1N(C)C)CN(CC(=O)c1cc(N3CCC(CC(=O)O)CC3)c(OC)c(C(C)(C)C)c1)C2=N. The number of ether oxygens (including phenoxy) is 1. The number of halogens is 1. The van der Waals surface area contributed by atoms with Crippen molar-refractivity contribution in [2.45, 2.75) is 52.0 Å². The minimum absolute atomic E-state index is 0. The number of hydrogen-bond donors (Lipinski definition) is 3. The summed E-state index contributed by atoms with van der Waals surface area (Å²) in [6, 6.07) is 7.46. The summed E-state index contributed by atoms with van der Waals surface area (Å²) in [4.78, 5) is 43.5. The van der Waals surface area contributed by atoms with E-state index in [9.17, 15) is 19.5 Å². The summed E-state index contributed by atoms with van der Waals surface area (Å²) in [6.45, 7) is 8.05. The molecule has 0 aliphatic carbocycles. The van der Waals surface area contributed by atoms with Crippen LogP contribution in [0.15, 0.2) is 24.3 Å². The maximum Gasteiger partial charge on any atom is 0.303 e. The first-order valence-corrected chi connectivity index (χ1v) is 14.4. The van der Waals surface area contributed by atoms with E-state index >= 15 is 0 Å². The Morgan fingerprint density at radius 2 is 1.77 bits per heavy atom. The van der Waals surface area contributed by atoms with Gasteiger partial charge >= 0.3 is 5.97 Å². The number of fused-ring (bicyclic) bond motifs is 1. The number of nitrogens with one attached hydrogen (secondary N) is 2. The summed E-state index contributed by atoms with van der Waals surface area (Å²) in [7, 11) is 6.97. The van der Waals surface area contributed by atoms with Gasteiger partial charge in [0.25, 0.3) is 5.91 Å². The predicted molar refractivity (Wildman–Crippen MR) is 175 cm³/mol. The van der Waals surface area contributed by atoms with E-state index in [4.69, 9.17) is 10.1 Å². The van der Waals surface area contributed by atoms with Crippen LogP contribution in [0.1, 0.15) is 77.4 Å². The average molecular weight is 659 g/mol. The Hall–Kier alpha value is -3.60.